The summed E-state index contributed by atoms with van der Waals surface area (Å²) in [6.45, 7) is 11.4. The Hall–Kier alpha value is -4.04. The van der Waals surface area contributed by atoms with Gasteiger partial charge in [-0.25, -0.2) is 4.98 Å². The van der Waals surface area contributed by atoms with Crippen LogP contribution >= 0.6 is 11.6 Å². The van der Waals surface area contributed by atoms with E-state index in [0.29, 0.717) is 47.6 Å². The molecular weight excluding hydrogens is 524 g/mol. The quantitative estimate of drug-likeness (QED) is 0.162. The van der Waals surface area contributed by atoms with Gasteiger partial charge >= 0.3 is 0 Å². The summed E-state index contributed by atoms with van der Waals surface area (Å²) < 4.78 is 0. The first-order valence-electron chi connectivity index (χ1n) is 13.5. The number of rotatable bonds is 8. The summed E-state index contributed by atoms with van der Waals surface area (Å²) >= 11 is 6.87. The van der Waals surface area contributed by atoms with Gasteiger partial charge in [0.15, 0.2) is 5.82 Å². The second-order valence-corrected chi connectivity index (χ2v) is 10.0. The van der Waals surface area contributed by atoms with Crippen molar-refractivity contribution in [3.05, 3.63) is 83.2 Å². The fourth-order valence-corrected chi connectivity index (χ4v) is 5.53. The number of carbonyl (C=O) groups is 2. The average Bonchev–Trinajstić information content (AvgIpc) is 2.99. The van der Waals surface area contributed by atoms with Gasteiger partial charge in [-0.1, -0.05) is 50.2 Å². The summed E-state index contributed by atoms with van der Waals surface area (Å²) in [5.41, 5.74) is 4.80. The summed E-state index contributed by atoms with van der Waals surface area (Å²) in [6.07, 6.45) is 7.04. The zero-order chi connectivity index (χ0) is 28.8. The van der Waals surface area contributed by atoms with Gasteiger partial charge in [-0.2, -0.15) is 0 Å². The van der Waals surface area contributed by atoms with Gasteiger partial charge in [0.2, 0.25) is 12.3 Å². The Labute approximate surface area is 241 Å². The molecule has 9 heteroatoms. The molecule has 0 aliphatic carbocycles. The molecule has 2 aromatic heterocycles. The summed E-state index contributed by atoms with van der Waals surface area (Å²) in [5.74, 6) is 0.994. The summed E-state index contributed by atoms with van der Waals surface area (Å²) in [6, 6.07) is 11.6. The molecule has 1 aliphatic rings. The summed E-state index contributed by atoms with van der Waals surface area (Å²) in [7, 11) is 1.72. The number of amides is 2. The molecule has 1 unspecified atom stereocenters. The highest BCUT2D eigenvalue weighted by atomic mass is 35.5. The summed E-state index contributed by atoms with van der Waals surface area (Å²) in [4.78, 5) is 44.7. The lowest BCUT2D eigenvalue weighted by atomic mass is 10.0. The van der Waals surface area contributed by atoms with Crippen molar-refractivity contribution in [1.82, 2.24) is 19.8 Å². The number of benzene rings is 1. The van der Waals surface area contributed by atoms with Crippen LogP contribution in [0.1, 0.15) is 37.5 Å². The van der Waals surface area contributed by atoms with E-state index in [1.54, 1.807) is 29.2 Å². The van der Waals surface area contributed by atoms with Gasteiger partial charge < -0.3 is 9.80 Å². The van der Waals surface area contributed by atoms with Crippen molar-refractivity contribution in [2.75, 3.05) is 31.6 Å². The Morgan fingerprint density at radius 3 is 2.48 bits per heavy atom. The standard InChI is InChI=1S/C31H35ClN6O2/c1-6-22-11-9-12-23(7-2)29(22)38(20-39)31-25(17-26(32)28(35-31)24-13-10-14-34-18-24)30(33-5)37-16-15-36(19-21(37)4)27(40)8-3/h8-14,17-18,20-21H,3,6-7,15-16,19H2,1-2,4-5H3. The van der Waals surface area contributed by atoms with Crippen LogP contribution < -0.4 is 4.90 Å². The van der Waals surface area contributed by atoms with E-state index in [-0.39, 0.29) is 11.9 Å². The average molecular weight is 559 g/mol. The van der Waals surface area contributed by atoms with Crippen molar-refractivity contribution < 1.29 is 9.59 Å². The van der Waals surface area contributed by atoms with Gasteiger partial charge in [0.1, 0.15) is 5.84 Å². The second kappa shape index (κ2) is 12.9. The lowest BCUT2D eigenvalue weighted by molar-refractivity contribution is -0.128. The SMILES string of the molecule is C=CC(=O)N1CCN(C(=NC)c2cc(Cl)c(-c3cccnc3)nc2N(C=O)c2c(CC)cccc2CC)C(C)C1. The zero-order valence-corrected chi connectivity index (χ0v) is 24.2. The Morgan fingerprint density at radius 1 is 1.20 bits per heavy atom. The van der Waals surface area contributed by atoms with Crippen LogP contribution in [-0.2, 0) is 22.4 Å². The molecule has 1 aliphatic heterocycles. The Morgan fingerprint density at radius 2 is 1.93 bits per heavy atom. The number of aliphatic imine (C=N–C) groups is 1. The highest BCUT2D eigenvalue weighted by Crippen LogP contribution is 2.38. The highest BCUT2D eigenvalue weighted by Gasteiger charge is 2.32. The van der Waals surface area contributed by atoms with Crippen LogP contribution in [0.25, 0.3) is 11.3 Å². The topological polar surface area (TPSA) is 82.0 Å². The third-order valence-corrected chi connectivity index (χ3v) is 7.56. The molecular formula is C31H35ClN6O2. The zero-order valence-electron chi connectivity index (χ0n) is 23.5. The van der Waals surface area contributed by atoms with E-state index >= 15 is 0 Å². The van der Waals surface area contributed by atoms with Crippen molar-refractivity contribution in [3.63, 3.8) is 0 Å². The summed E-state index contributed by atoms with van der Waals surface area (Å²) in [5, 5.41) is 0.423. The molecule has 2 amide bonds. The number of hydrogen-bond acceptors (Lipinski definition) is 5. The number of amidine groups is 1. The first kappa shape index (κ1) is 29.0. The predicted octanol–water partition coefficient (Wildman–Crippen LogP) is 5.31. The fourth-order valence-electron chi connectivity index (χ4n) is 5.27. The lowest BCUT2D eigenvalue weighted by Crippen LogP contribution is -2.55. The largest absolute Gasteiger partial charge is 0.350 e. The van der Waals surface area contributed by atoms with E-state index in [1.165, 1.54) is 6.08 Å². The molecule has 208 valence electrons. The molecule has 0 spiro atoms. The van der Waals surface area contributed by atoms with E-state index < -0.39 is 0 Å². The van der Waals surface area contributed by atoms with Crippen molar-refractivity contribution >= 4 is 41.3 Å². The third kappa shape index (κ3) is 5.63. The van der Waals surface area contributed by atoms with Crippen molar-refractivity contribution in [2.24, 2.45) is 4.99 Å². The van der Waals surface area contributed by atoms with E-state index in [9.17, 15) is 9.59 Å². The first-order chi connectivity index (χ1) is 19.4. The van der Waals surface area contributed by atoms with Crippen molar-refractivity contribution in [2.45, 2.75) is 39.7 Å². The molecule has 0 N–H and O–H groups in total. The molecule has 1 fully saturated rings. The number of carbonyl (C=O) groups excluding carboxylic acids is 2. The molecule has 0 radical (unpaired) electrons. The second-order valence-electron chi connectivity index (χ2n) is 9.62. The Kier molecular flexibility index (Phi) is 9.32. The van der Waals surface area contributed by atoms with Gasteiger partial charge in [-0.05, 0) is 55.2 Å². The van der Waals surface area contributed by atoms with Gasteiger partial charge in [0.05, 0.1) is 22.0 Å². The van der Waals surface area contributed by atoms with Gasteiger partial charge in [-0.3, -0.25) is 24.5 Å². The van der Waals surface area contributed by atoms with Crippen LogP contribution in [0.3, 0.4) is 0 Å². The number of pyridine rings is 2. The maximum Gasteiger partial charge on any atom is 0.246 e. The number of piperazine rings is 1. The van der Waals surface area contributed by atoms with E-state index in [0.717, 1.165) is 41.6 Å². The molecule has 3 heterocycles. The monoisotopic (exact) mass is 558 g/mol. The minimum absolute atomic E-state index is 0.0419. The lowest BCUT2D eigenvalue weighted by Gasteiger charge is -2.41. The van der Waals surface area contributed by atoms with Gasteiger partial charge in [0.25, 0.3) is 0 Å². The molecule has 3 aromatic rings. The number of halogens is 1. The molecule has 0 saturated carbocycles. The van der Waals surface area contributed by atoms with Crippen molar-refractivity contribution in [1.29, 1.82) is 0 Å². The van der Waals surface area contributed by atoms with Gasteiger partial charge in [-0.15, -0.1) is 0 Å². The van der Waals surface area contributed by atoms with E-state index in [4.69, 9.17) is 16.6 Å². The molecule has 8 nitrogen and oxygen atoms in total. The molecule has 40 heavy (non-hydrogen) atoms. The maximum absolute atomic E-state index is 13.0. The van der Waals surface area contributed by atoms with Crippen LogP contribution in [0, 0.1) is 0 Å². The Bertz CT molecular complexity index is 1400. The normalized spacial score (nSPS) is 15.6. The minimum Gasteiger partial charge on any atom is -0.350 e. The fraction of sp³-hybridized carbons (Fsp3) is 0.323. The smallest absolute Gasteiger partial charge is 0.246 e. The van der Waals surface area contributed by atoms with E-state index in [1.807, 2.05) is 43.3 Å². The number of aryl methyl sites for hydroxylation is 2. The predicted molar refractivity (Wildman–Crippen MR) is 161 cm³/mol. The van der Waals surface area contributed by atoms with Crippen LogP contribution in [0.2, 0.25) is 5.02 Å². The molecule has 1 atom stereocenters. The number of aromatic nitrogens is 2. The number of para-hydroxylation sites is 1. The van der Waals surface area contributed by atoms with Crippen LogP contribution in [-0.4, -0.2) is 70.6 Å². The molecule has 1 saturated heterocycles. The van der Waals surface area contributed by atoms with Crippen molar-refractivity contribution in [3.8, 4) is 11.3 Å². The van der Waals surface area contributed by atoms with Gasteiger partial charge in [0, 0.05) is 50.7 Å². The third-order valence-electron chi connectivity index (χ3n) is 7.27. The molecule has 4 rings (SSSR count). The van der Waals surface area contributed by atoms with Crippen LogP contribution in [0.5, 0.6) is 0 Å². The minimum atomic E-state index is -0.0943. The molecule has 0 bridgehead atoms. The highest BCUT2D eigenvalue weighted by molar-refractivity contribution is 6.33. The van der Waals surface area contributed by atoms with E-state index in [2.05, 4.69) is 35.3 Å². The number of hydrogen-bond donors (Lipinski definition) is 0. The number of anilines is 2. The maximum atomic E-state index is 13.0. The molecule has 1 aromatic carbocycles. The van der Waals surface area contributed by atoms with Crippen LogP contribution in [0.15, 0.2) is 66.4 Å². The first-order valence-corrected chi connectivity index (χ1v) is 13.9. The number of nitrogens with zero attached hydrogens (tertiary/aromatic N) is 6. The Balaban J connectivity index is 1.92. The van der Waals surface area contributed by atoms with Crippen LogP contribution in [0.4, 0.5) is 11.5 Å².